The summed E-state index contributed by atoms with van der Waals surface area (Å²) in [6, 6.07) is 8.03. The van der Waals surface area contributed by atoms with Gasteiger partial charge in [-0.25, -0.2) is 4.98 Å². The Kier molecular flexibility index (Phi) is 3.62. The third-order valence-electron chi connectivity index (χ3n) is 4.01. The van der Waals surface area contributed by atoms with Gasteiger partial charge in [-0.15, -0.1) is 0 Å². The predicted molar refractivity (Wildman–Crippen MR) is 93.5 cm³/mol. The highest BCUT2D eigenvalue weighted by atomic mass is 16.5. The molecule has 1 aromatic carbocycles. The second-order valence-electron chi connectivity index (χ2n) is 5.55. The highest BCUT2D eigenvalue weighted by Gasteiger charge is 2.12. The van der Waals surface area contributed by atoms with Crippen molar-refractivity contribution in [1.82, 2.24) is 25.0 Å². The number of aromatic nitrogens is 5. The zero-order valence-electron chi connectivity index (χ0n) is 13.4. The summed E-state index contributed by atoms with van der Waals surface area (Å²) in [4.78, 5) is 4.52. The fraction of sp³-hybridized carbons (Fsp3) is 0.235. The number of nitrogens with one attached hydrogen (secondary N) is 1. The van der Waals surface area contributed by atoms with Crippen molar-refractivity contribution in [3.05, 3.63) is 36.7 Å². The van der Waals surface area contributed by atoms with Gasteiger partial charge < -0.3 is 10.5 Å². The standard InChI is InChI=1S/C17H18N6O/c1-2-24-8-7-23-10-13-12-4-3-11(14-5-6-19-21-14)9-15(12)20-17(18)16(13)22-23/h3-6,9-10H,2,7-8H2,1H3,(H2,18,20)(H,19,21). The Balaban J connectivity index is 1.81. The smallest absolute Gasteiger partial charge is 0.152 e. The first kappa shape index (κ1) is 14.6. The van der Waals surface area contributed by atoms with Crippen LogP contribution in [-0.4, -0.2) is 38.2 Å². The summed E-state index contributed by atoms with van der Waals surface area (Å²) in [6.45, 7) is 3.99. The Hall–Kier alpha value is -2.93. The second kappa shape index (κ2) is 5.93. The maximum Gasteiger partial charge on any atom is 0.152 e. The lowest BCUT2D eigenvalue weighted by Crippen LogP contribution is -2.06. The van der Waals surface area contributed by atoms with Crippen molar-refractivity contribution < 1.29 is 4.74 Å². The zero-order chi connectivity index (χ0) is 16.5. The number of nitrogen functional groups attached to an aromatic ring is 1. The van der Waals surface area contributed by atoms with E-state index in [9.17, 15) is 0 Å². The van der Waals surface area contributed by atoms with Crippen LogP contribution in [0.4, 0.5) is 5.82 Å². The van der Waals surface area contributed by atoms with E-state index < -0.39 is 0 Å². The molecule has 0 amide bonds. The van der Waals surface area contributed by atoms with Gasteiger partial charge in [-0.2, -0.15) is 10.2 Å². The molecule has 0 atom stereocenters. The molecule has 0 saturated carbocycles. The molecule has 7 heteroatoms. The molecule has 0 radical (unpaired) electrons. The monoisotopic (exact) mass is 322 g/mol. The number of hydrogen-bond donors (Lipinski definition) is 2. The summed E-state index contributed by atoms with van der Waals surface area (Å²) in [5.74, 6) is 0.439. The summed E-state index contributed by atoms with van der Waals surface area (Å²) in [5, 5.41) is 13.5. The van der Waals surface area contributed by atoms with Crippen LogP contribution >= 0.6 is 0 Å². The molecule has 0 aliphatic carbocycles. The van der Waals surface area contributed by atoms with Crippen molar-refractivity contribution in [2.75, 3.05) is 18.9 Å². The highest BCUT2D eigenvalue weighted by Crippen LogP contribution is 2.29. The number of H-pyrrole nitrogens is 1. The number of nitrogens with zero attached hydrogens (tertiary/aromatic N) is 4. The molecule has 0 spiro atoms. The fourth-order valence-electron chi connectivity index (χ4n) is 2.84. The molecule has 0 unspecified atom stereocenters. The lowest BCUT2D eigenvalue weighted by atomic mass is 10.1. The third kappa shape index (κ3) is 2.48. The SMILES string of the molecule is CCOCCn1cc2c(n1)c(N)nc1cc(-c3ccn[nH]3)ccc12. The van der Waals surface area contributed by atoms with Crippen molar-refractivity contribution >= 4 is 27.6 Å². The maximum atomic E-state index is 6.12. The van der Waals surface area contributed by atoms with Gasteiger partial charge in [0.15, 0.2) is 5.82 Å². The minimum atomic E-state index is 0.439. The highest BCUT2D eigenvalue weighted by molar-refractivity contribution is 6.08. The van der Waals surface area contributed by atoms with Gasteiger partial charge in [-0.1, -0.05) is 12.1 Å². The van der Waals surface area contributed by atoms with Gasteiger partial charge in [0, 0.05) is 35.3 Å². The molecule has 24 heavy (non-hydrogen) atoms. The Morgan fingerprint density at radius 3 is 2.96 bits per heavy atom. The lowest BCUT2D eigenvalue weighted by Gasteiger charge is -2.03. The molecule has 4 aromatic rings. The molecule has 3 N–H and O–H groups in total. The Bertz CT molecular complexity index is 989. The van der Waals surface area contributed by atoms with Crippen LogP contribution in [0.25, 0.3) is 33.1 Å². The van der Waals surface area contributed by atoms with Gasteiger partial charge in [-0.3, -0.25) is 9.78 Å². The molecule has 0 aliphatic rings. The minimum absolute atomic E-state index is 0.439. The first-order valence-corrected chi connectivity index (χ1v) is 7.90. The normalized spacial score (nSPS) is 11.5. The van der Waals surface area contributed by atoms with E-state index in [1.54, 1.807) is 6.20 Å². The molecule has 0 fully saturated rings. The first-order valence-electron chi connectivity index (χ1n) is 7.90. The van der Waals surface area contributed by atoms with Crippen molar-refractivity contribution in [1.29, 1.82) is 0 Å². The number of ether oxygens (including phenoxy) is 1. The summed E-state index contributed by atoms with van der Waals surface area (Å²) >= 11 is 0. The Morgan fingerprint density at radius 2 is 2.17 bits per heavy atom. The number of fused-ring (bicyclic) bond motifs is 3. The van der Waals surface area contributed by atoms with Crippen LogP contribution in [-0.2, 0) is 11.3 Å². The summed E-state index contributed by atoms with van der Waals surface area (Å²) in [6.07, 6.45) is 3.73. The average molecular weight is 322 g/mol. The van der Waals surface area contributed by atoms with E-state index in [4.69, 9.17) is 10.5 Å². The number of hydrogen-bond acceptors (Lipinski definition) is 5. The quantitative estimate of drug-likeness (QED) is 0.551. The summed E-state index contributed by atoms with van der Waals surface area (Å²) in [7, 11) is 0. The maximum absolute atomic E-state index is 6.12. The molecule has 4 rings (SSSR count). The number of nitrogens with two attached hydrogens (primary N) is 1. The second-order valence-corrected chi connectivity index (χ2v) is 5.55. The van der Waals surface area contributed by atoms with Crippen molar-refractivity contribution in [3.8, 4) is 11.3 Å². The molecule has 7 nitrogen and oxygen atoms in total. The van der Waals surface area contributed by atoms with E-state index in [-0.39, 0.29) is 0 Å². The van der Waals surface area contributed by atoms with Gasteiger partial charge in [0.05, 0.1) is 24.4 Å². The molecule has 0 bridgehead atoms. The number of rotatable bonds is 5. The lowest BCUT2D eigenvalue weighted by molar-refractivity contribution is 0.136. The van der Waals surface area contributed by atoms with Gasteiger partial charge >= 0.3 is 0 Å². The molecule has 0 saturated heterocycles. The van der Waals surface area contributed by atoms with Gasteiger partial charge in [0.1, 0.15) is 5.52 Å². The van der Waals surface area contributed by atoms with Crippen LogP contribution in [0.1, 0.15) is 6.92 Å². The van der Waals surface area contributed by atoms with Crippen molar-refractivity contribution in [2.24, 2.45) is 0 Å². The molecule has 122 valence electrons. The van der Waals surface area contributed by atoms with Crippen LogP contribution in [0.15, 0.2) is 36.7 Å². The van der Waals surface area contributed by atoms with Crippen LogP contribution in [0.3, 0.4) is 0 Å². The van der Waals surface area contributed by atoms with Gasteiger partial charge in [0.25, 0.3) is 0 Å². The number of aromatic amines is 1. The van der Waals surface area contributed by atoms with E-state index in [1.165, 1.54) is 0 Å². The van der Waals surface area contributed by atoms with E-state index in [2.05, 4.69) is 26.3 Å². The topological polar surface area (TPSA) is 94.6 Å². The number of benzene rings is 1. The summed E-state index contributed by atoms with van der Waals surface area (Å²) in [5.41, 5.74) is 9.67. The van der Waals surface area contributed by atoms with Crippen molar-refractivity contribution in [3.63, 3.8) is 0 Å². The minimum Gasteiger partial charge on any atom is -0.382 e. The molecular weight excluding hydrogens is 304 g/mol. The third-order valence-corrected chi connectivity index (χ3v) is 4.01. The largest absolute Gasteiger partial charge is 0.382 e. The zero-order valence-corrected chi connectivity index (χ0v) is 13.4. The fourth-order valence-corrected chi connectivity index (χ4v) is 2.84. The predicted octanol–water partition coefficient (Wildman–Crippen LogP) is 2.59. The van der Waals surface area contributed by atoms with Crippen LogP contribution in [0, 0.1) is 0 Å². The molecule has 0 aliphatic heterocycles. The Labute approximate surface area is 138 Å². The van der Waals surface area contributed by atoms with Crippen LogP contribution in [0.2, 0.25) is 0 Å². The molecule has 3 heterocycles. The van der Waals surface area contributed by atoms with Crippen LogP contribution < -0.4 is 5.73 Å². The van der Waals surface area contributed by atoms with Crippen molar-refractivity contribution in [2.45, 2.75) is 13.5 Å². The van der Waals surface area contributed by atoms with E-state index in [0.29, 0.717) is 25.6 Å². The van der Waals surface area contributed by atoms with Gasteiger partial charge in [0.2, 0.25) is 0 Å². The van der Waals surface area contributed by atoms with E-state index >= 15 is 0 Å². The van der Waals surface area contributed by atoms with Crippen LogP contribution in [0.5, 0.6) is 0 Å². The van der Waals surface area contributed by atoms with E-state index in [1.807, 2.05) is 36.0 Å². The first-order chi connectivity index (χ1) is 11.8. The Morgan fingerprint density at radius 1 is 1.25 bits per heavy atom. The average Bonchev–Trinajstić information content (AvgIpc) is 3.25. The summed E-state index contributed by atoms with van der Waals surface area (Å²) < 4.78 is 7.25. The van der Waals surface area contributed by atoms with Gasteiger partial charge in [-0.05, 0) is 19.1 Å². The molecule has 3 aromatic heterocycles. The number of pyridine rings is 1. The van der Waals surface area contributed by atoms with E-state index in [0.717, 1.165) is 33.1 Å². The number of anilines is 1. The molecular formula is C17H18N6O.